The molecule has 0 unspecified atom stereocenters. The molecule has 4 nitrogen and oxygen atoms in total. The summed E-state index contributed by atoms with van der Waals surface area (Å²) in [7, 11) is 0. The number of nitrogens with zero attached hydrogens (tertiary/aromatic N) is 3. The van der Waals surface area contributed by atoms with Gasteiger partial charge in [-0.25, -0.2) is 15.0 Å². The number of hydrogen-bond acceptors (Lipinski definition) is 4. The van der Waals surface area contributed by atoms with Gasteiger partial charge in [0.1, 0.15) is 10.7 Å². The third-order valence-electron chi connectivity index (χ3n) is 2.10. The number of anilines is 1. The summed E-state index contributed by atoms with van der Waals surface area (Å²) in [4.78, 5) is 12.5. The van der Waals surface area contributed by atoms with E-state index in [9.17, 15) is 0 Å². The summed E-state index contributed by atoms with van der Waals surface area (Å²) in [5, 5.41) is 0.442. The highest BCUT2D eigenvalue weighted by molar-refractivity contribution is 6.29. The predicted molar refractivity (Wildman–Crippen MR) is 60.8 cm³/mol. The highest BCUT2D eigenvalue weighted by Crippen LogP contribution is 2.22. The fraction of sp³-hybridized carbons (Fsp3) is 0.300. The van der Waals surface area contributed by atoms with E-state index >= 15 is 0 Å². The Balaban J connectivity index is 2.81. The van der Waals surface area contributed by atoms with Crippen LogP contribution < -0.4 is 5.73 Å². The minimum atomic E-state index is 0.240. The maximum absolute atomic E-state index is 5.84. The average molecular weight is 223 g/mol. The number of pyridine rings is 1. The molecule has 2 N–H and O–H groups in total. The molecular formula is C10H11ClN4. The molecule has 2 aromatic rings. The van der Waals surface area contributed by atoms with Crippen LogP contribution in [0.2, 0.25) is 5.15 Å². The van der Waals surface area contributed by atoms with Crippen molar-refractivity contribution in [2.24, 2.45) is 0 Å². The Morgan fingerprint density at radius 2 is 1.93 bits per heavy atom. The molecule has 5 heteroatoms. The average Bonchev–Trinajstić information content (AvgIpc) is 2.17. The fourth-order valence-corrected chi connectivity index (χ4v) is 1.58. The topological polar surface area (TPSA) is 64.7 Å². The van der Waals surface area contributed by atoms with E-state index in [0.29, 0.717) is 5.15 Å². The normalized spacial score (nSPS) is 11.2. The first-order chi connectivity index (χ1) is 7.08. The Bertz CT molecular complexity index is 510. The summed E-state index contributed by atoms with van der Waals surface area (Å²) < 4.78 is 0. The summed E-state index contributed by atoms with van der Waals surface area (Å²) in [5.41, 5.74) is 7.91. The molecule has 15 heavy (non-hydrogen) atoms. The molecule has 0 saturated carbocycles. The van der Waals surface area contributed by atoms with Crippen molar-refractivity contribution in [3.8, 4) is 0 Å². The van der Waals surface area contributed by atoms with Crippen molar-refractivity contribution < 1.29 is 0 Å². The van der Waals surface area contributed by atoms with E-state index < -0.39 is 0 Å². The van der Waals surface area contributed by atoms with Crippen LogP contribution in [0.25, 0.3) is 11.0 Å². The molecule has 0 aliphatic heterocycles. The SMILES string of the molecule is CC(C)c1nc(N)nc2ccc(Cl)nc12. The standard InChI is InChI=1S/C10H11ClN4/c1-5(2)8-9-6(13-10(12)15-8)3-4-7(11)14-9/h3-5H,1-2H3,(H2,12,13,15). The van der Waals surface area contributed by atoms with Crippen LogP contribution in [0.15, 0.2) is 12.1 Å². The van der Waals surface area contributed by atoms with Gasteiger partial charge in [-0.1, -0.05) is 25.4 Å². The lowest BCUT2D eigenvalue weighted by atomic mass is 10.1. The quantitative estimate of drug-likeness (QED) is 0.753. The second kappa shape index (κ2) is 3.62. The fourth-order valence-electron chi connectivity index (χ4n) is 1.43. The largest absolute Gasteiger partial charge is 0.368 e. The molecule has 0 fully saturated rings. The number of aromatic nitrogens is 3. The van der Waals surface area contributed by atoms with Gasteiger partial charge in [0.05, 0.1) is 11.2 Å². The van der Waals surface area contributed by atoms with E-state index in [1.165, 1.54) is 0 Å². The van der Waals surface area contributed by atoms with Crippen LogP contribution in [-0.2, 0) is 0 Å². The molecule has 0 atom stereocenters. The molecule has 0 aromatic carbocycles. The minimum absolute atomic E-state index is 0.240. The van der Waals surface area contributed by atoms with E-state index in [-0.39, 0.29) is 11.9 Å². The van der Waals surface area contributed by atoms with Crippen molar-refractivity contribution in [1.29, 1.82) is 0 Å². The van der Waals surface area contributed by atoms with E-state index in [2.05, 4.69) is 15.0 Å². The van der Waals surface area contributed by atoms with Gasteiger partial charge in [-0.2, -0.15) is 0 Å². The Morgan fingerprint density at radius 3 is 2.60 bits per heavy atom. The molecule has 0 bridgehead atoms. The van der Waals surface area contributed by atoms with Gasteiger partial charge in [0.15, 0.2) is 0 Å². The monoisotopic (exact) mass is 222 g/mol. The molecule has 2 rings (SSSR count). The molecular weight excluding hydrogens is 212 g/mol. The number of fused-ring (bicyclic) bond motifs is 1. The number of halogens is 1. The van der Waals surface area contributed by atoms with E-state index in [4.69, 9.17) is 17.3 Å². The highest BCUT2D eigenvalue weighted by atomic mass is 35.5. The van der Waals surface area contributed by atoms with Crippen LogP contribution in [0.5, 0.6) is 0 Å². The Labute approximate surface area is 92.5 Å². The highest BCUT2D eigenvalue weighted by Gasteiger charge is 2.11. The molecule has 0 amide bonds. The second-order valence-corrected chi connectivity index (χ2v) is 4.01. The molecule has 0 radical (unpaired) electrons. The molecule has 0 saturated heterocycles. The van der Waals surface area contributed by atoms with E-state index in [1.54, 1.807) is 12.1 Å². The lowest BCUT2D eigenvalue weighted by Crippen LogP contribution is -2.03. The lowest BCUT2D eigenvalue weighted by Gasteiger charge is -2.08. The van der Waals surface area contributed by atoms with Crippen molar-refractivity contribution in [2.75, 3.05) is 5.73 Å². The summed E-state index contributed by atoms with van der Waals surface area (Å²) in [6, 6.07) is 3.50. The van der Waals surface area contributed by atoms with Crippen molar-refractivity contribution in [2.45, 2.75) is 19.8 Å². The number of rotatable bonds is 1. The summed E-state index contributed by atoms with van der Waals surface area (Å²) >= 11 is 5.84. The maximum atomic E-state index is 5.84. The zero-order valence-electron chi connectivity index (χ0n) is 8.53. The number of nitrogens with two attached hydrogens (primary N) is 1. The zero-order valence-corrected chi connectivity index (χ0v) is 9.28. The maximum Gasteiger partial charge on any atom is 0.220 e. The number of nitrogen functional groups attached to an aromatic ring is 1. The van der Waals surface area contributed by atoms with Crippen molar-refractivity contribution in [3.05, 3.63) is 23.0 Å². The van der Waals surface area contributed by atoms with Crippen LogP contribution in [0, 0.1) is 0 Å². The van der Waals surface area contributed by atoms with Crippen molar-refractivity contribution in [3.63, 3.8) is 0 Å². The summed E-state index contributed by atoms with van der Waals surface area (Å²) in [5.74, 6) is 0.513. The molecule has 78 valence electrons. The second-order valence-electron chi connectivity index (χ2n) is 3.62. The van der Waals surface area contributed by atoms with Gasteiger partial charge in [0.25, 0.3) is 0 Å². The van der Waals surface area contributed by atoms with Gasteiger partial charge < -0.3 is 5.73 Å². The van der Waals surface area contributed by atoms with Crippen molar-refractivity contribution >= 4 is 28.6 Å². The Morgan fingerprint density at radius 1 is 1.20 bits per heavy atom. The zero-order chi connectivity index (χ0) is 11.0. The first-order valence-corrected chi connectivity index (χ1v) is 5.05. The molecule has 2 heterocycles. The molecule has 0 aliphatic rings. The Kier molecular flexibility index (Phi) is 2.44. The van der Waals surface area contributed by atoms with Crippen LogP contribution in [0.3, 0.4) is 0 Å². The summed E-state index contributed by atoms with van der Waals surface area (Å²) in [6.45, 7) is 4.06. The van der Waals surface area contributed by atoms with Gasteiger partial charge >= 0.3 is 0 Å². The van der Waals surface area contributed by atoms with Gasteiger partial charge in [-0.15, -0.1) is 0 Å². The predicted octanol–water partition coefficient (Wildman–Crippen LogP) is 2.38. The van der Waals surface area contributed by atoms with Crippen LogP contribution in [0.1, 0.15) is 25.5 Å². The minimum Gasteiger partial charge on any atom is -0.368 e. The Hall–Kier alpha value is -1.42. The van der Waals surface area contributed by atoms with Gasteiger partial charge in [0, 0.05) is 0 Å². The van der Waals surface area contributed by atoms with E-state index in [1.807, 2.05) is 13.8 Å². The van der Waals surface area contributed by atoms with Gasteiger partial charge in [-0.3, -0.25) is 0 Å². The number of hydrogen-bond donors (Lipinski definition) is 1. The third-order valence-corrected chi connectivity index (χ3v) is 2.31. The van der Waals surface area contributed by atoms with Crippen LogP contribution in [-0.4, -0.2) is 15.0 Å². The van der Waals surface area contributed by atoms with Crippen LogP contribution >= 0.6 is 11.6 Å². The van der Waals surface area contributed by atoms with E-state index in [0.717, 1.165) is 16.7 Å². The molecule has 0 aliphatic carbocycles. The molecule has 0 spiro atoms. The third kappa shape index (κ3) is 1.85. The van der Waals surface area contributed by atoms with Gasteiger partial charge in [-0.05, 0) is 18.1 Å². The smallest absolute Gasteiger partial charge is 0.220 e. The lowest BCUT2D eigenvalue weighted by molar-refractivity contribution is 0.827. The van der Waals surface area contributed by atoms with Crippen LogP contribution in [0.4, 0.5) is 5.95 Å². The van der Waals surface area contributed by atoms with Crippen molar-refractivity contribution in [1.82, 2.24) is 15.0 Å². The summed E-state index contributed by atoms with van der Waals surface area (Å²) in [6.07, 6.45) is 0. The first kappa shape index (κ1) is 10.1. The first-order valence-electron chi connectivity index (χ1n) is 4.67. The molecule has 2 aromatic heterocycles. The van der Waals surface area contributed by atoms with Gasteiger partial charge in [0.2, 0.25) is 5.95 Å².